The minimum Gasteiger partial charge on any atom is -0.493 e. The third-order valence-corrected chi connectivity index (χ3v) is 11.6. The highest BCUT2D eigenvalue weighted by molar-refractivity contribution is 6.34. The number of hydrogen-bond donors (Lipinski definition) is 2. The maximum atomic E-state index is 16.4. The molecule has 4 amide bonds. The van der Waals surface area contributed by atoms with Gasteiger partial charge in [-0.1, -0.05) is 54.9 Å². The first-order chi connectivity index (χ1) is 29.6. The second-order valence-corrected chi connectivity index (χ2v) is 15.5. The zero-order chi connectivity index (χ0) is 42.6. The number of aromatic nitrogens is 2. The molecule has 8 rings (SSSR count). The lowest BCUT2D eigenvalue weighted by Crippen LogP contribution is -2.52. The van der Waals surface area contributed by atoms with Crippen molar-refractivity contribution in [1.82, 2.24) is 30.4 Å². The van der Waals surface area contributed by atoms with Crippen LogP contribution in [-0.4, -0.2) is 88.8 Å². The smallest absolute Gasteiger partial charge is 0.255 e. The Hall–Kier alpha value is -6.19. The molecule has 16 heteroatoms. The Kier molecular flexibility index (Phi) is 12.4. The van der Waals surface area contributed by atoms with Crippen LogP contribution in [-0.2, 0) is 34.1 Å². The summed E-state index contributed by atoms with van der Waals surface area (Å²) in [6.45, 7) is 5.81. The monoisotopic (exact) mass is 851 g/mol. The van der Waals surface area contributed by atoms with Crippen molar-refractivity contribution in [1.29, 1.82) is 0 Å². The Labute approximate surface area is 356 Å². The predicted octanol–water partition coefficient (Wildman–Crippen LogP) is 6.19. The summed E-state index contributed by atoms with van der Waals surface area (Å²) in [6.07, 6.45) is 2.76. The van der Waals surface area contributed by atoms with Crippen molar-refractivity contribution in [3.63, 3.8) is 0 Å². The van der Waals surface area contributed by atoms with Gasteiger partial charge in [0.1, 0.15) is 47.6 Å². The highest BCUT2D eigenvalue weighted by atomic mass is 35.5. The maximum absolute atomic E-state index is 16.4. The zero-order valence-electron chi connectivity index (χ0n) is 33.5. The molecule has 13 nitrogen and oxygen atoms in total. The molecule has 0 aliphatic carbocycles. The van der Waals surface area contributed by atoms with Gasteiger partial charge in [0.15, 0.2) is 5.82 Å². The van der Waals surface area contributed by atoms with Crippen LogP contribution in [0.3, 0.4) is 0 Å². The molecule has 0 saturated carbocycles. The van der Waals surface area contributed by atoms with Gasteiger partial charge in [0, 0.05) is 67.6 Å². The van der Waals surface area contributed by atoms with E-state index in [0.717, 1.165) is 16.7 Å². The molecule has 4 heterocycles. The molecule has 3 aliphatic heterocycles. The normalized spacial score (nSPS) is 16.6. The Morgan fingerprint density at radius 1 is 0.934 bits per heavy atom. The van der Waals surface area contributed by atoms with E-state index in [-0.39, 0.29) is 71.3 Å². The van der Waals surface area contributed by atoms with E-state index in [4.69, 9.17) is 21.1 Å². The van der Waals surface area contributed by atoms with Gasteiger partial charge in [-0.2, -0.15) is 0 Å². The molecule has 5 aromatic rings. The molecule has 2 saturated heterocycles. The van der Waals surface area contributed by atoms with Crippen LogP contribution in [0.4, 0.5) is 14.6 Å². The van der Waals surface area contributed by atoms with Crippen molar-refractivity contribution < 1.29 is 37.4 Å². The summed E-state index contributed by atoms with van der Waals surface area (Å²) in [5, 5.41) is 6.10. The van der Waals surface area contributed by atoms with Gasteiger partial charge in [0.25, 0.3) is 5.91 Å². The highest BCUT2D eigenvalue weighted by Gasteiger charge is 2.40. The second-order valence-electron chi connectivity index (χ2n) is 15.1. The van der Waals surface area contributed by atoms with Crippen molar-refractivity contribution >= 4 is 52.0 Å². The quantitative estimate of drug-likeness (QED) is 0.0981. The molecule has 2 N–H and O–H groups in total. The number of amides is 4. The number of nitrogens with zero attached hydrogens (tertiary/aromatic N) is 5. The standard InChI is InChI=1S/C45H44ClF2N7O6/c1-2-38(57)53-17-19-54(20-18-53)43-30-22-32(46)39(41(48)42(30)50-26-51-43)40-33(47)7-4-9-36(40)60-21-5-16-49-23-27-10-12-28(13-11-27)25-61-35-8-3-6-29-31(35)24-55(45(29)59)34-14-15-37(56)52-44(34)58/h3-4,6-13,22,26,34,49H,2,5,14-21,23-25H2,1H3,(H,52,56,58)/t34-/m0/s1. The molecule has 0 radical (unpaired) electrons. The number of nitrogens with one attached hydrogen (secondary N) is 2. The lowest BCUT2D eigenvalue weighted by Gasteiger charge is -2.35. The van der Waals surface area contributed by atoms with Crippen molar-refractivity contribution in [2.24, 2.45) is 0 Å². The van der Waals surface area contributed by atoms with Gasteiger partial charge in [0.2, 0.25) is 17.7 Å². The number of carbonyl (C=O) groups excluding carboxylic acids is 4. The number of fused-ring (bicyclic) bond motifs is 2. The van der Waals surface area contributed by atoms with E-state index >= 15 is 8.78 Å². The molecule has 61 heavy (non-hydrogen) atoms. The molecule has 3 aliphatic rings. The van der Waals surface area contributed by atoms with Crippen LogP contribution in [0, 0.1) is 11.6 Å². The molecule has 4 aromatic carbocycles. The van der Waals surface area contributed by atoms with Crippen molar-refractivity contribution in [3.8, 4) is 22.6 Å². The SMILES string of the molecule is CCC(=O)N1CCN(c2ncnc3c(F)c(-c4c(F)cccc4OCCCNCc4ccc(COc5cccc6c5CN([C@H]5CCC(=O)NC5=O)C6=O)cc4)c(Cl)cc23)CC1. The van der Waals surface area contributed by atoms with Crippen LogP contribution < -0.4 is 25.0 Å². The number of ether oxygens (including phenoxy) is 2. The van der Waals surface area contributed by atoms with Gasteiger partial charge < -0.3 is 29.5 Å². The second kappa shape index (κ2) is 18.2. The van der Waals surface area contributed by atoms with E-state index in [0.29, 0.717) is 81.0 Å². The predicted molar refractivity (Wildman–Crippen MR) is 224 cm³/mol. The summed E-state index contributed by atoms with van der Waals surface area (Å²) < 4.78 is 44.0. The minimum atomic E-state index is -0.779. The van der Waals surface area contributed by atoms with Gasteiger partial charge in [-0.05, 0) is 60.8 Å². The Morgan fingerprint density at radius 2 is 1.69 bits per heavy atom. The molecular formula is C45H44ClF2N7O6. The van der Waals surface area contributed by atoms with Crippen molar-refractivity contribution in [2.75, 3.05) is 44.2 Å². The molecule has 316 valence electrons. The lowest BCUT2D eigenvalue weighted by atomic mass is 10.0. The van der Waals surface area contributed by atoms with Crippen LogP contribution in [0.2, 0.25) is 5.02 Å². The Morgan fingerprint density at radius 3 is 2.46 bits per heavy atom. The molecule has 1 aromatic heterocycles. The number of imide groups is 1. The van der Waals surface area contributed by atoms with Crippen LogP contribution in [0.1, 0.15) is 59.7 Å². The first kappa shape index (κ1) is 41.5. The summed E-state index contributed by atoms with van der Waals surface area (Å²) in [4.78, 5) is 63.3. The maximum Gasteiger partial charge on any atom is 0.255 e. The number of benzene rings is 4. The summed E-state index contributed by atoms with van der Waals surface area (Å²) in [5.74, 6) is -1.20. The van der Waals surface area contributed by atoms with Gasteiger partial charge in [-0.3, -0.25) is 24.5 Å². The van der Waals surface area contributed by atoms with Crippen LogP contribution >= 0.6 is 11.6 Å². The lowest BCUT2D eigenvalue weighted by molar-refractivity contribution is -0.137. The van der Waals surface area contributed by atoms with Crippen molar-refractivity contribution in [3.05, 3.63) is 112 Å². The molecule has 0 bridgehead atoms. The molecule has 1 atom stereocenters. The minimum absolute atomic E-state index is 0.00604. The fourth-order valence-electron chi connectivity index (χ4n) is 8.07. The Bertz CT molecular complexity index is 2500. The van der Waals surface area contributed by atoms with E-state index in [2.05, 4.69) is 20.6 Å². The first-order valence-electron chi connectivity index (χ1n) is 20.4. The average molecular weight is 852 g/mol. The van der Waals surface area contributed by atoms with E-state index in [1.807, 2.05) is 42.2 Å². The van der Waals surface area contributed by atoms with Gasteiger partial charge in [0.05, 0.1) is 23.7 Å². The number of piperidine rings is 1. The summed E-state index contributed by atoms with van der Waals surface area (Å²) in [5.41, 5.74) is 2.97. The summed E-state index contributed by atoms with van der Waals surface area (Å²) >= 11 is 6.72. The largest absolute Gasteiger partial charge is 0.493 e. The van der Waals surface area contributed by atoms with Crippen molar-refractivity contribution in [2.45, 2.75) is 58.3 Å². The average Bonchev–Trinajstić information content (AvgIpc) is 3.60. The first-order valence-corrected chi connectivity index (χ1v) is 20.7. The fraction of sp³-hybridized carbons (Fsp3) is 0.333. The topological polar surface area (TPSA) is 146 Å². The third-order valence-electron chi connectivity index (χ3n) is 11.3. The number of anilines is 1. The Balaban J connectivity index is 0.835. The number of hydrogen-bond acceptors (Lipinski definition) is 10. The number of halogens is 3. The van der Waals surface area contributed by atoms with E-state index in [1.54, 1.807) is 29.2 Å². The molecule has 2 fully saturated rings. The van der Waals surface area contributed by atoms with Gasteiger partial charge in [-0.25, -0.2) is 18.7 Å². The number of piperazine rings is 1. The number of rotatable bonds is 14. The fourth-order valence-corrected chi connectivity index (χ4v) is 8.36. The van der Waals surface area contributed by atoms with Crippen LogP contribution in [0.25, 0.3) is 22.0 Å². The van der Waals surface area contributed by atoms with Crippen LogP contribution in [0.15, 0.2) is 73.1 Å². The summed E-state index contributed by atoms with van der Waals surface area (Å²) in [7, 11) is 0. The van der Waals surface area contributed by atoms with E-state index in [1.165, 1.54) is 23.4 Å². The zero-order valence-corrected chi connectivity index (χ0v) is 34.3. The number of carbonyl (C=O) groups is 4. The van der Waals surface area contributed by atoms with Crippen LogP contribution in [0.5, 0.6) is 11.5 Å². The third kappa shape index (κ3) is 8.71. The molecule has 0 spiro atoms. The summed E-state index contributed by atoms with van der Waals surface area (Å²) in [6, 6.07) is 18.4. The van der Waals surface area contributed by atoms with E-state index in [9.17, 15) is 19.2 Å². The highest BCUT2D eigenvalue weighted by Crippen LogP contribution is 2.43. The van der Waals surface area contributed by atoms with Gasteiger partial charge >= 0.3 is 0 Å². The molecular weight excluding hydrogens is 808 g/mol. The van der Waals surface area contributed by atoms with E-state index < -0.39 is 23.6 Å². The molecule has 0 unspecified atom stereocenters. The van der Waals surface area contributed by atoms with Gasteiger partial charge in [-0.15, -0.1) is 0 Å².